The third-order valence-corrected chi connectivity index (χ3v) is 1.66. The molecule has 1 rings (SSSR count). The molecule has 0 aromatic heterocycles. The lowest BCUT2D eigenvalue weighted by Crippen LogP contribution is -2.34. The van der Waals surface area contributed by atoms with Crippen LogP contribution in [-0.2, 0) is 0 Å². The molecule has 0 heterocycles. The largest absolute Gasteiger partial charge is 0.325 e. The number of Topliss-reactive ketones (excluding diaryl/α,β-unsaturated/α-hetero) is 1. The third-order valence-electron chi connectivity index (χ3n) is 1.66. The molecule has 0 unspecified atom stereocenters. The average Bonchev–Trinajstić information content (AvgIpc) is 2.03. The molecule has 1 radical (unpaired) electrons. The van der Waals surface area contributed by atoms with Crippen molar-refractivity contribution in [2.45, 2.75) is 25.8 Å². The van der Waals surface area contributed by atoms with Gasteiger partial charge in [0.25, 0.3) is 0 Å². The lowest BCUT2D eigenvalue weighted by Gasteiger charge is -2.16. The van der Waals surface area contributed by atoms with E-state index in [-0.39, 0.29) is 5.78 Å². The van der Waals surface area contributed by atoms with Crippen LogP contribution in [0.25, 0.3) is 0 Å². The highest BCUT2D eigenvalue weighted by atomic mass is 16.1. The highest BCUT2D eigenvalue weighted by Crippen LogP contribution is 2.10. The number of hydrogen-bond donors (Lipinski definition) is 1. The van der Waals surface area contributed by atoms with Crippen LogP contribution in [0, 0.1) is 6.07 Å². The summed E-state index contributed by atoms with van der Waals surface area (Å²) in [5.41, 5.74) is 6.02. The van der Waals surface area contributed by atoms with Crippen LogP contribution in [-0.4, -0.2) is 11.3 Å². The van der Waals surface area contributed by atoms with Crippen LogP contribution < -0.4 is 5.73 Å². The standard InChI is InChI=1S/C11H14NO/c1-11(2,12)8-10(13)9-6-4-3-5-7-9/h4-7H,8,12H2,1-2H3. The Hall–Kier alpha value is -1.15. The Morgan fingerprint density at radius 1 is 1.46 bits per heavy atom. The zero-order valence-electron chi connectivity index (χ0n) is 8.00. The summed E-state index contributed by atoms with van der Waals surface area (Å²) in [6, 6.07) is 9.85. The monoisotopic (exact) mass is 176 g/mol. The van der Waals surface area contributed by atoms with Gasteiger partial charge in [-0.15, -0.1) is 0 Å². The SMILES string of the molecule is CC(C)(N)CC(=O)c1cc[c]cc1. The summed E-state index contributed by atoms with van der Waals surface area (Å²) in [4.78, 5) is 11.6. The molecule has 0 fully saturated rings. The second kappa shape index (κ2) is 3.71. The molecule has 1 aromatic carbocycles. The van der Waals surface area contributed by atoms with Crippen LogP contribution in [0.1, 0.15) is 30.6 Å². The van der Waals surface area contributed by atoms with Crippen LogP contribution in [0.3, 0.4) is 0 Å². The van der Waals surface area contributed by atoms with E-state index in [4.69, 9.17) is 5.73 Å². The number of hydrogen-bond acceptors (Lipinski definition) is 2. The van der Waals surface area contributed by atoms with Gasteiger partial charge in [0.05, 0.1) is 0 Å². The number of nitrogens with two attached hydrogens (primary N) is 1. The van der Waals surface area contributed by atoms with E-state index in [1.165, 1.54) is 0 Å². The second-order valence-corrected chi connectivity index (χ2v) is 3.88. The minimum atomic E-state index is -0.434. The summed E-state index contributed by atoms with van der Waals surface area (Å²) in [7, 11) is 0. The van der Waals surface area contributed by atoms with E-state index in [2.05, 4.69) is 6.07 Å². The molecule has 0 saturated carbocycles. The van der Waals surface area contributed by atoms with Crippen LogP contribution in [0.15, 0.2) is 24.3 Å². The summed E-state index contributed by atoms with van der Waals surface area (Å²) in [6.07, 6.45) is 0.372. The number of carbonyl (C=O) groups is 1. The molecule has 0 amide bonds. The molecule has 2 nitrogen and oxygen atoms in total. The minimum absolute atomic E-state index is 0.0847. The molecule has 13 heavy (non-hydrogen) atoms. The molecule has 69 valence electrons. The van der Waals surface area contributed by atoms with Gasteiger partial charge in [-0.05, 0) is 19.9 Å². The van der Waals surface area contributed by atoms with Crippen molar-refractivity contribution in [1.82, 2.24) is 0 Å². The summed E-state index contributed by atoms with van der Waals surface area (Å²) >= 11 is 0. The molecular weight excluding hydrogens is 162 g/mol. The van der Waals surface area contributed by atoms with Crippen molar-refractivity contribution in [2.24, 2.45) is 5.73 Å². The van der Waals surface area contributed by atoms with Gasteiger partial charge in [-0.3, -0.25) is 4.79 Å². The zero-order chi connectivity index (χ0) is 9.90. The van der Waals surface area contributed by atoms with Crippen molar-refractivity contribution >= 4 is 5.78 Å². The molecule has 0 atom stereocenters. The van der Waals surface area contributed by atoms with Gasteiger partial charge < -0.3 is 5.73 Å². The van der Waals surface area contributed by atoms with Gasteiger partial charge in [0.1, 0.15) is 0 Å². The fourth-order valence-electron chi connectivity index (χ4n) is 1.09. The van der Waals surface area contributed by atoms with Crippen molar-refractivity contribution in [1.29, 1.82) is 0 Å². The van der Waals surface area contributed by atoms with E-state index in [1.54, 1.807) is 24.3 Å². The molecule has 0 aliphatic heterocycles. The molecule has 0 spiro atoms. The van der Waals surface area contributed by atoms with Crippen LogP contribution >= 0.6 is 0 Å². The fraction of sp³-hybridized carbons (Fsp3) is 0.364. The molecule has 0 aliphatic carbocycles. The van der Waals surface area contributed by atoms with Crippen molar-refractivity contribution in [3.8, 4) is 0 Å². The fourth-order valence-corrected chi connectivity index (χ4v) is 1.09. The van der Waals surface area contributed by atoms with E-state index >= 15 is 0 Å². The predicted octanol–water partition coefficient (Wildman–Crippen LogP) is 1.80. The Balaban J connectivity index is 2.71. The van der Waals surface area contributed by atoms with Gasteiger partial charge >= 0.3 is 0 Å². The Kier molecular flexibility index (Phi) is 2.83. The first kappa shape index (κ1) is 9.93. The first-order valence-corrected chi connectivity index (χ1v) is 4.27. The first-order chi connectivity index (χ1) is 5.99. The summed E-state index contributed by atoms with van der Waals surface area (Å²) in [6.45, 7) is 3.69. The summed E-state index contributed by atoms with van der Waals surface area (Å²) < 4.78 is 0. The first-order valence-electron chi connectivity index (χ1n) is 4.27. The van der Waals surface area contributed by atoms with E-state index in [0.717, 1.165) is 0 Å². The van der Waals surface area contributed by atoms with Gasteiger partial charge in [-0.1, -0.05) is 24.3 Å². The van der Waals surface area contributed by atoms with E-state index in [1.807, 2.05) is 13.8 Å². The Morgan fingerprint density at radius 2 is 2.00 bits per heavy atom. The van der Waals surface area contributed by atoms with Crippen LogP contribution in [0.4, 0.5) is 0 Å². The van der Waals surface area contributed by atoms with Crippen molar-refractivity contribution in [3.63, 3.8) is 0 Å². The van der Waals surface area contributed by atoms with E-state index < -0.39 is 5.54 Å². The predicted molar refractivity (Wildman–Crippen MR) is 52.5 cm³/mol. The number of ketones is 1. The van der Waals surface area contributed by atoms with E-state index in [0.29, 0.717) is 12.0 Å². The quantitative estimate of drug-likeness (QED) is 0.713. The molecule has 2 heteroatoms. The van der Waals surface area contributed by atoms with Crippen LogP contribution in [0.2, 0.25) is 0 Å². The second-order valence-electron chi connectivity index (χ2n) is 3.88. The zero-order valence-corrected chi connectivity index (χ0v) is 8.00. The number of rotatable bonds is 3. The Bertz CT molecular complexity index is 285. The molecular formula is C11H14NO. The summed E-state index contributed by atoms with van der Waals surface area (Å²) in [5.74, 6) is 0.0847. The highest BCUT2D eigenvalue weighted by Gasteiger charge is 2.16. The van der Waals surface area contributed by atoms with Gasteiger partial charge in [0.2, 0.25) is 0 Å². The Labute approximate surface area is 78.8 Å². The van der Waals surface area contributed by atoms with Gasteiger partial charge in [-0.25, -0.2) is 0 Å². The smallest absolute Gasteiger partial charge is 0.164 e. The topological polar surface area (TPSA) is 43.1 Å². The van der Waals surface area contributed by atoms with Crippen molar-refractivity contribution < 1.29 is 4.79 Å². The Morgan fingerprint density at radius 3 is 2.46 bits per heavy atom. The lowest BCUT2D eigenvalue weighted by molar-refractivity contribution is 0.0960. The normalized spacial score (nSPS) is 11.3. The maximum Gasteiger partial charge on any atom is 0.164 e. The third kappa shape index (κ3) is 3.38. The van der Waals surface area contributed by atoms with Crippen molar-refractivity contribution in [2.75, 3.05) is 0 Å². The maximum absolute atomic E-state index is 11.6. The molecule has 0 saturated heterocycles. The maximum atomic E-state index is 11.6. The molecule has 2 N–H and O–H groups in total. The average molecular weight is 176 g/mol. The van der Waals surface area contributed by atoms with Crippen molar-refractivity contribution in [3.05, 3.63) is 35.9 Å². The van der Waals surface area contributed by atoms with Crippen LogP contribution in [0.5, 0.6) is 0 Å². The van der Waals surface area contributed by atoms with Gasteiger partial charge in [0.15, 0.2) is 5.78 Å². The van der Waals surface area contributed by atoms with E-state index in [9.17, 15) is 4.79 Å². The van der Waals surface area contributed by atoms with Gasteiger partial charge in [-0.2, -0.15) is 0 Å². The molecule has 0 bridgehead atoms. The minimum Gasteiger partial charge on any atom is -0.325 e. The molecule has 0 aliphatic rings. The molecule has 1 aromatic rings. The van der Waals surface area contributed by atoms with Gasteiger partial charge in [0, 0.05) is 17.5 Å². The number of carbonyl (C=O) groups excluding carboxylic acids is 1. The number of benzene rings is 1. The highest BCUT2D eigenvalue weighted by molar-refractivity contribution is 5.96. The summed E-state index contributed by atoms with van der Waals surface area (Å²) in [5, 5.41) is 0. The lowest BCUT2D eigenvalue weighted by atomic mass is 9.95.